The van der Waals surface area contributed by atoms with Crippen molar-refractivity contribution >= 4 is 17.2 Å². The van der Waals surface area contributed by atoms with Crippen LogP contribution in [0.4, 0.5) is 4.39 Å². The fourth-order valence-electron chi connectivity index (χ4n) is 2.83. The van der Waals surface area contributed by atoms with Gasteiger partial charge >= 0.3 is 0 Å². The van der Waals surface area contributed by atoms with Crippen LogP contribution in [0, 0.1) is 11.7 Å². The molecule has 0 aliphatic carbocycles. The molecule has 1 amide bonds. The number of carbonyl (C=O) groups is 1. The van der Waals surface area contributed by atoms with Crippen LogP contribution in [0.25, 0.3) is 0 Å². The van der Waals surface area contributed by atoms with E-state index in [0.29, 0.717) is 18.7 Å². The number of hydrogen-bond donors (Lipinski definition) is 1. The zero-order valence-electron chi connectivity index (χ0n) is 12.7. The van der Waals surface area contributed by atoms with Crippen molar-refractivity contribution in [2.75, 3.05) is 19.7 Å². The fraction of sp³-hybridized carbons (Fsp3) is 0.412. The first-order chi connectivity index (χ1) is 11.2. The Bertz CT molecular complexity index is 671. The van der Waals surface area contributed by atoms with Gasteiger partial charge < -0.3 is 10.0 Å². The van der Waals surface area contributed by atoms with E-state index in [2.05, 4.69) is 4.98 Å². The van der Waals surface area contributed by atoms with Gasteiger partial charge in [0.15, 0.2) is 0 Å². The lowest BCUT2D eigenvalue weighted by molar-refractivity contribution is 0.0615. The molecule has 0 bridgehead atoms. The molecule has 0 spiro atoms. The molecule has 23 heavy (non-hydrogen) atoms. The monoisotopic (exact) mass is 334 g/mol. The van der Waals surface area contributed by atoms with Gasteiger partial charge in [0, 0.05) is 31.5 Å². The van der Waals surface area contributed by atoms with Crippen molar-refractivity contribution in [3.05, 3.63) is 51.7 Å². The van der Waals surface area contributed by atoms with Crippen molar-refractivity contribution in [1.82, 2.24) is 9.88 Å². The first-order valence-electron chi connectivity index (χ1n) is 7.74. The van der Waals surface area contributed by atoms with Gasteiger partial charge in [-0.25, -0.2) is 9.37 Å². The highest BCUT2D eigenvalue weighted by atomic mass is 32.1. The molecule has 2 aromatic rings. The Labute approximate surface area is 138 Å². The largest absolute Gasteiger partial charge is 0.396 e. The number of carbonyl (C=O) groups excluding carboxylic acids is 1. The number of aliphatic hydroxyl groups excluding tert-OH is 1. The van der Waals surface area contributed by atoms with Crippen molar-refractivity contribution in [2.45, 2.75) is 19.3 Å². The maximum absolute atomic E-state index is 12.9. The number of aliphatic hydroxyl groups is 1. The van der Waals surface area contributed by atoms with Crippen LogP contribution in [-0.4, -0.2) is 40.6 Å². The summed E-state index contributed by atoms with van der Waals surface area (Å²) in [6.07, 6.45) is 2.48. The number of halogens is 1. The average molecular weight is 334 g/mol. The molecule has 1 fully saturated rings. The molecule has 6 heteroatoms. The molecule has 1 aromatic carbocycles. The Kier molecular flexibility index (Phi) is 5.03. The summed E-state index contributed by atoms with van der Waals surface area (Å²) in [5.74, 6) is -0.151. The van der Waals surface area contributed by atoms with Crippen LogP contribution in [-0.2, 0) is 6.42 Å². The Morgan fingerprint density at radius 3 is 2.91 bits per heavy atom. The normalized spacial score (nSPS) is 18.2. The molecule has 4 nitrogen and oxygen atoms in total. The third-order valence-electron chi connectivity index (χ3n) is 4.10. The minimum Gasteiger partial charge on any atom is -0.396 e. The average Bonchev–Trinajstić information content (AvgIpc) is 3.05. The Morgan fingerprint density at radius 1 is 1.39 bits per heavy atom. The molecular formula is C17H19FN2O2S. The van der Waals surface area contributed by atoms with Gasteiger partial charge in [-0.2, -0.15) is 0 Å². The predicted octanol–water partition coefficient (Wildman–Crippen LogP) is 2.72. The van der Waals surface area contributed by atoms with Crippen molar-refractivity contribution in [1.29, 1.82) is 0 Å². The van der Waals surface area contributed by atoms with Gasteiger partial charge in [-0.3, -0.25) is 4.79 Å². The number of likely N-dealkylation sites (tertiary alicyclic amines) is 1. The van der Waals surface area contributed by atoms with Gasteiger partial charge in [-0.15, -0.1) is 11.3 Å². The third-order valence-corrected chi connectivity index (χ3v) is 4.95. The summed E-state index contributed by atoms with van der Waals surface area (Å²) in [5, 5.41) is 11.9. The molecule has 3 rings (SSSR count). The van der Waals surface area contributed by atoms with Gasteiger partial charge in [-0.05, 0) is 36.5 Å². The number of thiazole rings is 1. The van der Waals surface area contributed by atoms with Crippen LogP contribution in [0.5, 0.6) is 0 Å². The SMILES string of the molecule is O=C(c1csc(Cc2ccc(F)cc2)n1)N1CCCC(CO)C1. The fourth-order valence-corrected chi connectivity index (χ4v) is 3.63. The molecule has 1 unspecified atom stereocenters. The molecule has 1 saturated heterocycles. The minimum atomic E-state index is -0.257. The molecule has 0 saturated carbocycles. The highest BCUT2D eigenvalue weighted by molar-refractivity contribution is 7.09. The molecule has 1 aromatic heterocycles. The quantitative estimate of drug-likeness (QED) is 0.935. The van der Waals surface area contributed by atoms with E-state index in [9.17, 15) is 14.3 Å². The number of benzene rings is 1. The summed E-state index contributed by atoms with van der Waals surface area (Å²) in [7, 11) is 0. The van der Waals surface area contributed by atoms with E-state index in [1.165, 1.54) is 23.5 Å². The maximum atomic E-state index is 12.9. The first kappa shape index (κ1) is 16.1. The van der Waals surface area contributed by atoms with Crippen molar-refractivity contribution in [2.24, 2.45) is 5.92 Å². The van der Waals surface area contributed by atoms with Crippen molar-refractivity contribution in [3.63, 3.8) is 0 Å². The standard InChI is InChI=1S/C17H19FN2O2S/c18-14-5-3-12(4-6-14)8-16-19-15(11-23-16)17(22)20-7-1-2-13(9-20)10-21/h3-6,11,13,21H,1-2,7-10H2. The summed E-state index contributed by atoms with van der Waals surface area (Å²) >= 11 is 1.45. The smallest absolute Gasteiger partial charge is 0.273 e. The number of piperidine rings is 1. The number of rotatable bonds is 4. The van der Waals surface area contributed by atoms with Crippen molar-refractivity contribution in [3.8, 4) is 0 Å². The van der Waals surface area contributed by atoms with E-state index < -0.39 is 0 Å². The predicted molar refractivity (Wildman–Crippen MR) is 87.0 cm³/mol. The number of nitrogens with zero attached hydrogens (tertiary/aromatic N) is 2. The molecule has 1 aliphatic heterocycles. The van der Waals surface area contributed by atoms with E-state index in [1.54, 1.807) is 22.4 Å². The molecule has 1 atom stereocenters. The number of aromatic nitrogens is 1. The number of hydrogen-bond acceptors (Lipinski definition) is 4. The molecule has 122 valence electrons. The van der Waals surface area contributed by atoms with Crippen LogP contribution in [0.15, 0.2) is 29.6 Å². The number of amides is 1. The van der Waals surface area contributed by atoms with Crippen molar-refractivity contribution < 1.29 is 14.3 Å². The Morgan fingerprint density at radius 2 is 2.17 bits per heavy atom. The van der Waals surface area contributed by atoms with Crippen LogP contribution >= 0.6 is 11.3 Å². The molecule has 0 radical (unpaired) electrons. The van der Waals surface area contributed by atoms with Gasteiger partial charge in [-0.1, -0.05) is 12.1 Å². The molecule has 2 heterocycles. The lowest BCUT2D eigenvalue weighted by Gasteiger charge is -2.31. The van der Waals surface area contributed by atoms with Crippen LogP contribution in [0.3, 0.4) is 0 Å². The zero-order chi connectivity index (χ0) is 16.2. The van der Waals surface area contributed by atoms with E-state index in [0.717, 1.165) is 30.0 Å². The summed E-state index contributed by atoms with van der Waals surface area (Å²) in [6, 6.07) is 6.32. The lowest BCUT2D eigenvalue weighted by Crippen LogP contribution is -2.41. The highest BCUT2D eigenvalue weighted by Gasteiger charge is 2.25. The molecule has 1 N–H and O–H groups in total. The lowest BCUT2D eigenvalue weighted by atomic mass is 9.99. The van der Waals surface area contributed by atoms with Crippen LogP contribution in [0.1, 0.15) is 33.9 Å². The Balaban J connectivity index is 1.66. The van der Waals surface area contributed by atoms with Gasteiger partial charge in [0.25, 0.3) is 5.91 Å². The summed E-state index contributed by atoms with van der Waals surface area (Å²) in [6.45, 7) is 1.44. The first-order valence-corrected chi connectivity index (χ1v) is 8.62. The highest BCUT2D eigenvalue weighted by Crippen LogP contribution is 2.20. The van der Waals surface area contributed by atoms with Gasteiger partial charge in [0.2, 0.25) is 0 Å². The van der Waals surface area contributed by atoms with Crippen LogP contribution < -0.4 is 0 Å². The summed E-state index contributed by atoms with van der Waals surface area (Å²) in [5.41, 5.74) is 1.43. The minimum absolute atomic E-state index is 0.0650. The molecular weight excluding hydrogens is 315 g/mol. The second kappa shape index (κ2) is 7.19. The van der Waals surface area contributed by atoms with Crippen LogP contribution in [0.2, 0.25) is 0 Å². The zero-order valence-corrected chi connectivity index (χ0v) is 13.6. The summed E-state index contributed by atoms with van der Waals surface area (Å²) < 4.78 is 12.9. The summed E-state index contributed by atoms with van der Waals surface area (Å²) in [4.78, 5) is 18.7. The molecule has 1 aliphatic rings. The van der Waals surface area contributed by atoms with E-state index in [-0.39, 0.29) is 24.2 Å². The topological polar surface area (TPSA) is 53.4 Å². The second-order valence-corrected chi connectivity index (χ2v) is 6.81. The second-order valence-electron chi connectivity index (χ2n) is 5.87. The van der Waals surface area contributed by atoms with E-state index in [1.807, 2.05) is 0 Å². The van der Waals surface area contributed by atoms with Gasteiger partial charge in [0.1, 0.15) is 11.5 Å². The Hall–Kier alpha value is -1.79. The van der Waals surface area contributed by atoms with Gasteiger partial charge in [0.05, 0.1) is 5.01 Å². The van der Waals surface area contributed by atoms with E-state index >= 15 is 0 Å². The van der Waals surface area contributed by atoms with E-state index in [4.69, 9.17) is 0 Å². The third kappa shape index (κ3) is 3.95. The maximum Gasteiger partial charge on any atom is 0.273 e.